The van der Waals surface area contributed by atoms with Crippen LogP contribution in [0.5, 0.6) is 0 Å². The van der Waals surface area contributed by atoms with Gasteiger partial charge < -0.3 is 4.74 Å². The predicted molar refractivity (Wildman–Crippen MR) is 76.4 cm³/mol. The minimum Gasteiger partial charge on any atom is -0.469 e. The summed E-state index contributed by atoms with van der Waals surface area (Å²) < 4.78 is 30.5. The first-order valence-electron chi connectivity index (χ1n) is 6.91. The molecule has 0 aromatic carbocycles. The molecule has 0 aliphatic carbocycles. The van der Waals surface area contributed by atoms with E-state index in [-0.39, 0.29) is 24.2 Å². The molecule has 6 heteroatoms. The number of unbranched alkanes of at least 4 members (excludes halogenated alkanes) is 2. The molecule has 0 aromatic heterocycles. The zero-order valence-corrected chi connectivity index (χ0v) is 13.3. The Morgan fingerprint density at radius 2 is 1.84 bits per heavy atom. The van der Waals surface area contributed by atoms with Gasteiger partial charge in [0.15, 0.2) is 0 Å². The van der Waals surface area contributed by atoms with Gasteiger partial charge >= 0.3 is 5.97 Å². The van der Waals surface area contributed by atoms with E-state index < -0.39 is 10.0 Å². The number of hydrogen-bond acceptors (Lipinski definition) is 4. The lowest BCUT2D eigenvalue weighted by molar-refractivity contribution is -0.140. The fourth-order valence-corrected chi connectivity index (χ4v) is 3.65. The van der Waals surface area contributed by atoms with Gasteiger partial charge in [0, 0.05) is 19.0 Å². The maximum Gasteiger partial charge on any atom is 0.305 e. The van der Waals surface area contributed by atoms with Crippen molar-refractivity contribution in [1.29, 1.82) is 0 Å². The maximum atomic E-state index is 12.2. The van der Waals surface area contributed by atoms with Crippen molar-refractivity contribution < 1.29 is 17.9 Å². The molecule has 0 rings (SSSR count). The number of carbonyl (C=O) groups excluding carboxylic acids is 1. The van der Waals surface area contributed by atoms with Crippen LogP contribution in [0.15, 0.2) is 0 Å². The Hall–Kier alpha value is -0.620. The summed E-state index contributed by atoms with van der Waals surface area (Å²) in [6.45, 7) is 6.41. The van der Waals surface area contributed by atoms with Crippen molar-refractivity contribution in [2.75, 3.05) is 19.4 Å². The lowest BCUT2D eigenvalue weighted by Crippen LogP contribution is -2.39. The normalized spacial score (nSPS) is 12.1. The number of sulfonamides is 1. The van der Waals surface area contributed by atoms with Crippen LogP contribution in [-0.2, 0) is 19.6 Å². The molecule has 0 fully saturated rings. The van der Waals surface area contributed by atoms with E-state index in [1.807, 2.05) is 13.8 Å². The van der Waals surface area contributed by atoms with E-state index in [1.54, 1.807) is 4.31 Å². The van der Waals surface area contributed by atoms with Crippen molar-refractivity contribution in [3.8, 4) is 0 Å². The first-order chi connectivity index (χ1) is 8.85. The summed E-state index contributed by atoms with van der Waals surface area (Å²) in [5.41, 5.74) is 0. The molecule has 0 aliphatic rings. The largest absolute Gasteiger partial charge is 0.469 e. The summed E-state index contributed by atoms with van der Waals surface area (Å²) in [7, 11) is -1.97. The quantitative estimate of drug-likeness (QED) is 0.457. The second-order valence-electron chi connectivity index (χ2n) is 4.91. The summed E-state index contributed by atoms with van der Waals surface area (Å²) in [5, 5.41) is 0. The van der Waals surface area contributed by atoms with Crippen LogP contribution in [0, 0.1) is 0 Å². The molecule has 114 valence electrons. The third-order valence-corrected chi connectivity index (χ3v) is 5.05. The van der Waals surface area contributed by atoms with E-state index in [0.717, 1.165) is 19.3 Å². The smallest absolute Gasteiger partial charge is 0.305 e. The summed E-state index contributed by atoms with van der Waals surface area (Å²) in [5.74, 6) is -0.357. The average Bonchev–Trinajstić information content (AvgIpc) is 2.33. The predicted octanol–water partition coefficient (Wildman–Crippen LogP) is 2.17. The van der Waals surface area contributed by atoms with Crippen molar-refractivity contribution in [3.63, 3.8) is 0 Å². The number of methoxy groups -OCH3 is 1. The fourth-order valence-electron chi connectivity index (χ4n) is 1.85. The van der Waals surface area contributed by atoms with E-state index in [9.17, 15) is 13.2 Å². The fraction of sp³-hybridized carbons (Fsp3) is 0.923. The first-order valence-corrected chi connectivity index (χ1v) is 8.52. The second-order valence-corrected chi connectivity index (χ2v) is 6.95. The Bertz CT molecular complexity index is 352. The highest BCUT2D eigenvalue weighted by molar-refractivity contribution is 7.89. The van der Waals surface area contributed by atoms with Gasteiger partial charge in [-0.15, -0.1) is 0 Å². The van der Waals surface area contributed by atoms with Crippen molar-refractivity contribution in [2.45, 2.75) is 58.9 Å². The van der Waals surface area contributed by atoms with Gasteiger partial charge in [0.1, 0.15) is 0 Å². The van der Waals surface area contributed by atoms with Crippen molar-refractivity contribution >= 4 is 16.0 Å². The molecule has 0 unspecified atom stereocenters. The number of hydrogen-bond donors (Lipinski definition) is 0. The summed E-state index contributed by atoms with van der Waals surface area (Å²) in [6, 6.07) is -0.0417. The topological polar surface area (TPSA) is 63.7 Å². The third kappa shape index (κ3) is 7.52. The van der Waals surface area contributed by atoms with Crippen molar-refractivity contribution in [1.82, 2.24) is 4.31 Å². The molecule has 0 amide bonds. The lowest BCUT2D eigenvalue weighted by Gasteiger charge is -2.25. The molecule has 0 radical (unpaired) electrons. The number of esters is 1. The molecule has 0 atom stereocenters. The molecule has 5 nitrogen and oxygen atoms in total. The maximum absolute atomic E-state index is 12.2. The number of nitrogens with zero attached hydrogens (tertiary/aromatic N) is 1. The minimum absolute atomic E-state index is 0.00635. The summed E-state index contributed by atoms with van der Waals surface area (Å²) in [4.78, 5) is 11.0. The standard InChI is InChI=1S/C13H27NO4S/c1-5-6-7-10-14(12(2)3)19(16,17)11-8-9-13(15)18-4/h12H,5-11H2,1-4H3. The SMILES string of the molecule is CCCCCN(C(C)C)S(=O)(=O)CCCC(=O)OC. The Balaban J connectivity index is 4.40. The Labute approximate surface area is 117 Å². The monoisotopic (exact) mass is 293 g/mol. The Morgan fingerprint density at radius 1 is 1.21 bits per heavy atom. The third-order valence-electron chi connectivity index (χ3n) is 2.93. The molecule has 0 aromatic rings. The van der Waals surface area contributed by atoms with Crippen LogP contribution in [-0.4, -0.2) is 44.1 Å². The van der Waals surface area contributed by atoms with Crippen LogP contribution in [0.1, 0.15) is 52.9 Å². The number of carbonyl (C=O) groups is 1. The van der Waals surface area contributed by atoms with E-state index in [1.165, 1.54) is 7.11 Å². The van der Waals surface area contributed by atoms with Gasteiger partial charge in [0.2, 0.25) is 10.0 Å². The summed E-state index contributed by atoms with van der Waals surface area (Å²) >= 11 is 0. The summed E-state index contributed by atoms with van der Waals surface area (Å²) in [6.07, 6.45) is 3.43. The molecule has 0 spiro atoms. The molecule has 0 saturated heterocycles. The van der Waals surface area contributed by atoms with Crippen molar-refractivity contribution in [2.24, 2.45) is 0 Å². The molecule has 0 heterocycles. The Kier molecular flexibility index (Phi) is 9.01. The van der Waals surface area contributed by atoms with Gasteiger partial charge in [-0.1, -0.05) is 19.8 Å². The van der Waals surface area contributed by atoms with Gasteiger partial charge in [0.05, 0.1) is 12.9 Å². The zero-order chi connectivity index (χ0) is 14.9. The molecule has 0 bridgehead atoms. The van der Waals surface area contributed by atoms with Crippen LogP contribution in [0.3, 0.4) is 0 Å². The van der Waals surface area contributed by atoms with Gasteiger partial charge in [-0.3, -0.25) is 4.79 Å². The van der Waals surface area contributed by atoms with Crippen LogP contribution < -0.4 is 0 Å². The minimum atomic E-state index is -3.28. The first kappa shape index (κ1) is 18.4. The molecule has 0 aliphatic heterocycles. The van der Waals surface area contributed by atoms with Gasteiger partial charge in [0.25, 0.3) is 0 Å². The van der Waals surface area contributed by atoms with Crippen LogP contribution in [0.2, 0.25) is 0 Å². The van der Waals surface area contributed by atoms with E-state index in [0.29, 0.717) is 13.0 Å². The van der Waals surface area contributed by atoms with E-state index >= 15 is 0 Å². The number of rotatable bonds is 10. The van der Waals surface area contributed by atoms with Crippen LogP contribution in [0.25, 0.3) is 0 Å². The van der Waals surface area contributed by atoms with Crippen LogP contribution in [0.4, 0.5) is 0 Å². The second kappa shape index (κ2) is 9.31. The van der Waals surface area contributed by atoms with E-state index in [2.05, 4.69) is 11.7 Å². The van der Waals surface area contributed by atoms with Gasteiger partial charge in [-0.2, -0.15) is 4.31 Å². The highest BCUT2D eigenvalue weighted by atomic mass is 32.2. The number of ether oxygens (including phenoxy) is 1. The highest BCUT2D eigenvalue weighted by Gasteiger charge is 2.24. The molecule has 19 heavy (non-hydrogen) atoms. The zero-order valence-electron chi connectivity index (χ0n) is 12.5. The average molecular weight is 293 g/mol. The molecular formula is C13H27NO4S. The Morgan fingerprint density at radius 3 is 2.32 bits per heavy atom. The lowest BCUT2D eigenvalue weighted by atomic mass is 10.2. The molecular weight excluding hydrogens is 266 g/mol. The van der Waals surface area contributed by atoms with Crippen LogP contribution >= 0.6 is 0 Å². The van der Waals surface area contributed by atoms with E-state index in [4.69, 9.17) is 0 Å². The van der Waals surface area contributed by atoms with Crippen molar-refractivity contribution in [3.05, 3.63) is 0 Å². The highest BCUT2D eigenvalue weighted by Crippen LogP contribution is 2.12. The van der Waals surface area contributed by atoms with Gasteiger partial charge in [-0.25, -0.2) is 8.42 Å². The molecule has 0 saturated carbocycles. The van der Waals surface area contributed by atoms with Gasteiger partial charge in [-0.05, 0) is 26.7 Å². The molecule has 0 N–H and O–H groups in total.